The standard InChI is InChI=1S/C13H21N3O/c14-11(9-4-1-2-5-9)8-12-15-13(16-17-12)10-6-3-7-10/h9-11H,1-8,14H2. The van der Waals surface area contributed by atoms with E-state index in [2.05, 4.69) is 10.1 Å². The molecule has 1 atom stereocenters. The van der Waals surface area contributed by atoms with Crippen LogP contribution in [0, 0.1) is 5.92 Å². The molecule has 1 aromatic heterocycles. The van der Waals surface area contributed by atoms with E-state index in [9.17, 15) is 0 Å². The average Bonchev–Trinajstić information content (AvgIpc) is 2.85. The van der Waals surface area contributed by atoms with Crippen LogP contribution >= 0.6 is 0 Å². The summed E-state index contributed by atoms with van der Waals surface area (Å²) in [5.74, 6) is 2.86. The van der Waals surface area contributed by atoms with Crippen LogP contribution in [0.5, 0.6) is 0 Å². The van der Waals surface area contributed by atoms with Gasteiger partial charge in [-0.1, -0.05) is 24.4 Å². The lowest BCUT2D eigenvalue weighted by molar-refractivity contribution is 0.328. The molecule has 2 fully saturated rings. The molecule has 4 heteroatoms. The Labute approximate surface area is 102 Å². The molecule has 0 bridgehead atoms. The SMILES string of the molecule is NC(Cc1nc(C2CCC2)no1)C1CCCC1. The molecule has 2 aliphatic carbocycles. The van der Waals surface area contributed by atoms with Crippen molar-refractivity contribution in [3.8, 4) is 0 Å². The molecule has 2 N–H and O–H groups in total. The van der Waals surface area contributed by atoms with Gasteiger partial charge in [-0.15, -0.1) is 0 Å². The third kappa shape index (κ3) is 2.37. The topological polar surface area (TPSA) is 64.9 Å². The Balaban J connectivity index is 1.58. The van der Waals surface area contributed by atoms with Crippen molar-refractivity contribution in [2.75, 3.05) is 0 Å². The maximum atomic E-state index is 6.22. The maximum absolute atomic E-state index is 6.22. The van der Waals surface area contributed by atoms with Crippen LogP contribution in [0.2, 0.25) is 0 Å². The molecule has 0 saturated heterocycles. The van der Waals surface area contributed by atoms with Crippen LogP contribution in [-0.2, 0) is 6.42 Å². The Kier molecular flexibility index (Phi) is 3.14. The molecular formula is C13H21N3O. The summed E-state index contributed by atoms with van der Waals surface area (Å²) >= 11 is 0. The average molecular weight is 235 g/mol. The second-order valence-corrected chi connectivity index (χ2v) is 5.59. The number of hydrogen-bond acceptors (Lipinski definition) is 4. The summed E-state index contributed by atoms with van der Waals surface area (Å²) in [7, 11) is 0. The lowest BCUT2D eigenvalue weighted by Gasteiger charge is -2.21. The van der Waals surface area contributed by atoms with Crippen molar-refractivity contribution in [3.63, 3.8) is 0 Å². The minimum atomic E-state index is 0.201. The fourth-order valence-electron chi connectivity index (χ4n) is 2.94. The molecule has 0 aliphatic heterocycles. The first-order valence-corrected chi connectivity index (χ1v) is 6.91. The third-order valence-electron chi connectivity index (χ3n) is 4.37. The molecule has 1 unspecified atom stereocenters. The van der Waals surface area contributed by atoms with Crippen molar-refractivity contribution in [1.29, 1.82) is 0 Å². The zero-order chi connectivity index (χ0) is 11.7. The molecule has 3 rings (SSSR count). The van der Waals surface area contributed by atoms with Gasteiger partial charge in [-0.3, -0.25) is 0 Å². The van der Waals surface area contributed by atoms with E-state index in [1.807, 2.05) is 0 Å². The van der Waals surface area contributed by atoms with Crippen LogP contribution in [0.15, 0.2) is 4.52 Å². The summed E-state index contributed by atoms with van der Waals surface area (Å²) in [6.45, 7) is 0. The second kappa shape index (κ2) is 4.77. The Hall–Kier alpha value is -0.900. The van der Waals surface area contributed by atoms with Gasteiger partial charge < -0.3 is 10.3 Å². The van der Waals surface area contributed by atoms with Gasteiger partial charge in [0.25, 0.3) is 0 Å². The molecule has 0 amide bonds. The normalized spacial score (nSPS) is 23.8. The van der Waals surface area contributed by atoms with Gasteiger partial charge >= 0.3 is 0 Å². The Morgan fingerprint density at radius 2 is 1.94 bits per heavy atom. The monoisotopic (exact) mass is 235 g/mol. The highest BCUT2D eigenvalue weighted by molar-refractivity contribution is 5.00. The van der Waals surface area contributed by atoms with Crippen LogP contribution in [0.3, 0.4) is 0 Å². The predicted octanol–water partition coefficient (Wildman–Crippen LogP) is 2.40. The van der Waals surface area contributed by atoms with Gasteiger partial charge in [0.2, 0.25) is 5.89 Å². The Morgan fingerprint density at radius 3 is 2.59 bits per heavy atom. The van der Waals surface area contributed by atoms with Gasteiger partial charge in [-0.05, 0) is 31.6 Å². The number of nitrogens with two attached hydrogens (primary N) is 1. The fourth-order valence-corrected chi connectivity index (χ4v) is 2.94. The number of nitrogens with zero attached hydrogens (tertiary/aromatic N) is 2. The lowest BCUT2D eigenvalue weighted by atomic mass is 9.85. The summed E-state index contributed by atoms with van der Waals surface area (Å²) in [6.07, 6.45) is 9.68. The van der Waals surface area contributed by atoms with Gasteiger partial charge in [0.05, 0.1) is 0 Å². The van der Waals surface area contributed by atoms with E-state index in [0.29, 0.717) is 11.8 Å². The van der Waals surface area contributed by atoms with Crippen molar-refractivity contribution < 1.29 is 4.52 Å². The number of rotatable bonds is 4. The predicted molar refractivity (Wildman–Crippen MR) is 64.5 cm³/mol. The molecule has 0 spiro atoms. The van der Waals surface area contributed by atoms with E-state index >= 15 is 0 Å². The fraction of sp³-hybridized carbons (Fsp3) is 0.846. The van der Waals surface area contributed by atoms with E-state index in [4.69, 9.17) is 10.3 Å². The molecule has 2 aliphatic rings. The molecule has 0 radical (unpaired) electrons. The van der Waals surface area contributed by atoms with E-state index < -0.39 is 0 Å². The van der Waals surface area contributed by atoms with Crippen LogP contribution in [0.1, 0.15) is 62.6 Å². The van der Waals surface area contributed by atoms with Crippen molar-refractivity contribution in [2.45, 2.75) is 63.3 Å². The lowest BCUT2D eigenvalue weighted by Crippen LogP contribution is -2.30. The molecule has 94 valence electrons. The van der Waals surface area contributed by atoms with E-state index in [1.54, 1.807) is 0 Å². The van der Waals surface area contributed by atoms with Crippen LogP contribution in [0.25, 0.3) is 0 Å². The Bertz CT molecular complexity index is 366. The highest BCUT2D eigenvalue weighted by atomic mass is 16.5. The quantitative estimate of drug-likeness (QED) is 0.870. The molecule has 4 nitrogen and oxygen atoms in total. The van der Waals surface area contributed by atoms with Gasteiger partial charge in [0.1, 0.15) is 0 Å². The summed E-state index contributed by atoms with van der Waals surface area (Å²) in [4.78, 5) is 4.49. The van der Waals surface area contributed by atoms with Gasteiger partial charge in [0.15, 0.2) is 5.82 Å². The highest BCUT2D eigenvalue weighted by Gasteiger charge is 2.27. The molecule has 0 aromatic carbocycles. The molecule has 2 saturated carbocycles. The molecule has 1 aromatic rings. The highest BCUT2D eigenvalue weighted by Crippen LogP contribution is 2.34. The van der Waals surface area contributed by atoms with E-state index in [0.717, 1.165) is 18.1 Å². The third-order valence-corrected chi connectivity index (χ3v) is 4.37. The first kappa shape index (κ1) is 11.2. The van der Waals surface area contributed by atoms with Gasteiger partial charge in [0, 0.05) is 18.4 Å². The van der Waals surface area contributed by atoms with Crippen molar-refractivity contribution in [2.24, 2.45) is 11.7 Å². The van der Waals surface area contributed by atoms with Crippen LogP contribution in [0.4, 0.5) is 0 Å². The summed E-state index contributed by atoms with van der Waals surface area (Å²) in [6, 6.07) is 0.201. The first-order valence-electron chi connectivity index (χ1n) is 6.91. The van der Waals surface area contributed by atoms with Crippen LogP contribution < -0.4 is 5.73 Å². The number of aromatic nitrogens is 2. The molecule has 1 heterocycles. The smallest absolute Gasteiger partial charge is 0.228 e. The zero-order valence-corrected chi connectivity index (χ0v) is 10.3. The van der Waals surface area contributed by atoms with Crippen molar-refractivity contribution in [1.82, 2.24) is 10.1 Å². The van der Waals surface area contributed by atoms with E-state index in [-0.39, 0.29) is 6.04 Å². The van der Waals surface area contributed by atoms with Crippen LogP contribution in [-0.4, -0.2) is 16.2 Å². The summed E-state index contributed by atoms with van der Waals surface area (Å²) in [5.41, 5.74) is 6.22. The van der Waals surface area contributed by atoms with Crippen molar-refractivity contribution in [3.05, 3.63) is 11.7 Å². The first-order chi connectivity index (χ1) is 8.33. The van der Waals surface area contributed by atoms with Gasteiger partial charge in [-0.25, -0.2) is 0 Å². The minimum Gasteiger partial charge on any atom is -0.339 e. The Morgan fingerprint density at radius 1 is 1.18 bits per heavy atom. The largest absolute Gasteiger partial charge is 0.339 e. The summed E-state index contributed by atoms with van der Waals surface area (Å²) < 4.78 is 5.31. The van der Waals surface area contributed by atoms with Gasteiger partial charge in [-0.2, -0.15) is 4.98 Å². The van der Waals surface area contributed by atoms with Crippen molar-refractivity contribution >= 4 is 0 Å². The zero-order valence-electron chi connectivity index (χ0n) is 10.3. The van der Waals surface area contributed by atoms with E-state index in [1.165, 1.54) is 44.9 Å². The number of hydrogen-bond donors (Lipinski definition) is 1. The maximum Gasteiger partial charge on any atom is 0.228 e. The second-order valence-electron chi connectivity index (χ2n) is 5.59. The molecular weight excluding hydrogens is 214 g/mol. The summed E-state index contributed by atoms with van der Waals surface area (Å²) in [5, 5.41) is 4.08. The molecule has 17 heavy (non-hydrogen) atoms. The minimum absolute atomic E-state index is 0.201.